The maximum atomic E-state index is 12.1. The zero-order valence-electron chi connectivity index (χ0n) is 6.61. The Kier molecular flexibility index (Phi) is 3.50. The van der Waals surface area contributed by atoms with Crippen LogP contribution < -0.4 is 0 Å². The molecule has 0 saturated heterocycles. The Morgan fingerprint density at radius 2 is 1.85 bits per heavy atom. The van der Waals surface area contributed by atoms with Crippen LogP contribution >= 0.6 is 0 Å². The van der Waals surface area contributed by atoms with Crippen LogP contribution in [0.25, 0.3) is 0 Å². The highest BCUT2D eigenvalue weighted by atomic mass is 32.2. The maximum Gasteiger partial charge on any atom is 0.263 e. The molecule has 0 aromatic heterocycles. The Hall–Kier alpha value is -0.810. The maximum absolute atomic E-state index is 12.1. The molecule has 2 nitrogen and oxygen atoms in total. The molecular formula is C8H8F2O2S. The van der Waals surface area contributed by atoms with E-state index in [1.54, 1.807) is 0 Å². The molecule has 0 radical (unpaired) electrons. The van der Waals surface area contributed by atoms with Gasteiger partial charge in [0, 0.05) is 5.56 Å². The van der Waals surface area contributed by atoms with Gasteiger partial charge in [-0.3, -0.25) is 0 Å². The van der Waals surface area contributed by atoms with E-state index < -0.39 is 17.5 Å². The number of hydrogen-bond acceptors (Lipinski definition) is 1. The van der Waals surface area contributed by atoms with Crippen LogP contribution in [0.2, 0.25) is 0 Å². The lowest BCUT2D eigenvalue weighted by molar-refractivity contribution is 0.151. The Balaban J connectivity index is 2.75. The number of halogens is 2. The van der Waals surface area contributed by atoms with Crippen LogP contribution in [0.4, 0.5) is 8.78 Å². The zero-order chi connectivity index (χ0) is 9.84. The van der Waals surface area contributed by atoms with Gasteiger partial charge in [0.05, 0.1) is 5.75 Å². The largest absolute Gasteiger partial charge is 0.306 e. The van der Waals surface area contributed by atoms with E-state index in [4.69, 9.17) is 4.55 Å². The predicted octanol–water partition coefficient (Wildman–Crippen LogP) is 2.35. The molecule has 0 aliphatic carbocycles. The van der Waals surface area contributed by atoms with Crippen molar-refractivity contribution >= 4 is 11.1 Å². The first-order valence-electron chi connectivity index (χ1n) is 3.54. The summed E-state index contributed by atoms with van der Waals surface area (Å²) >= 11 is -1.92. The van der Waals surface area contributed by atoms with Crippen LogP contribution in [-0.4, -0.2) is 8.76 Å². The van der Waals surface area contributed by atoms with Crippen molar-refractivity contribution in [3.05, 3.63) is 35.4 Å². The van der Waals surface area contributed by atoms with Crippen LogP contribution in [0.3, 0.4) is 0 Å². The molecule has 1 atom stereocenters. The topological polar surface area (TPSA) is 37.3 Å². The number of benzene rings is 1. The van der Waals surface area contributed by atoms with Gasteiger partial charge in [0.15, 0.2) is 11.1 Å². The van der Waals surface area contributed by atoms with Gasteiger partial charge >= 0.3 is 0 Å². The summed E-state index contributed by atoms with van der Waals surface area (Å²) in [7, 11) is 0. The quantitative estimate of drug-likeness (QED) is 0.771. The van der Waals surface area contributed by atoms with Crippen molar-refractivity contribution in [2.24, 2.45) is 0 Å². The molecule has 1 aromatic carbocycles. The van der Waals surface area contributed by atoms with E-state index in [0.29, 0.717) is 5.56 Å². The molecule has 0 heterocycles. The van der Waals surface area contributed by atoms with Gasteiger partial charge in [-0.25, -0.2) is 13.0 Å². The van der Waals surface area contributed by atoms with Gasteiger partial charge in [0.25, 0.3) is 6.43 Å². The lowest BCUT2D eigenvalue weighted by atomic mass is 10.2. The molecule has 1 rings (SSSR count). The van der Waals surface area contributed by atoms with Gasteiger partial charge in [-0.15, -0.1) is 0 Å². The highest BCUT2D eigenvalue weighted by molar-refractivity contribution is 7.78. The van der Waals surface area contributed by atoms with E-state index >= 15 is 0 Å². The van der Waals surface area contributed by atoms with Crippen molar-refractivity contribution in [1.29, 1.82) is 0 Å². The zero-order valence-corrected chi connectivity index (χ0v) is 7.43. The normalized spacial score (nSPS) is 13.2. The summed E-state index contributed by atoms with van der Waals surface area (Å²) in [5.74, 6) is -0.0243. The van der Waals surface area contributed by atoms with E-state index in [9.17, 15) is 13.0 Å². The molecular weight excluding hydrogens is 198 g/mol. The Bertz CT molecular complexity index is 298. The van der Waals surface area contributed by atoms with E-state index in [0.717, 1.165) is 0 Å². The molecule has 13 heavy (non-hydrogen) atoms. The van der Waals surface area contributed by atoms with Gasteiger partial charge < -0.3 is 4.55 Å². The van der Waals surface area contributed by atoms with E-state index in [-0.39, 0.29) is 11.3 Å². The second kappa shape index (κ2) is 4.43. The fourth-order valence-corrected chi connectivity index (χ4v) is 1.38. The van der Waals surface area contributed by atoms with Crippen molar-refractivity contribution < 1.29 is 17.5 Å². The molecule has 1 aromatic rings. The van der Waals surface area contributed by atoms with Crippen molar-refractivity contribution in [3.63, 3.8) is 0 Å². The smallest absolute Gasteiger partial charge is 0.263 e. The summed E-state index contributed by atoms with van der Waals surface area (Å²) in [4.78, 5) is 0. The molecule has 72 valence electrons. The van der Waals surface area contributed by atoms with Gasteiger partial charge in [-0.1, -0.05) is 24.3 Å². The molecule has 5 heteroatoms. The minimum atomic E-state index is -2.49. The predicted molar refractivity (Wildman–Crippen MR) is 45.9 cm³/mol. The summed E-state index contributed by atoms with van der Waals surface area (Å²) in [5, 5.41) is 0. The molecule has 0 spiro atoms. The van der Waals surface area contributed by atoms with Gasteiger partial charge in [-0.2, -0.15) is 0 Å². The molecule has 0 aliphatic heterocycles. The fraction of sp³-hybridized carbons (Fsp3) is 0.250. The van der Waals surface area contributed by atoms with Crippen molar-refractivity contribution in [2.45, 2.75) is 12.2 Å². The third-order valence-corrected chi connectivity index (χ3v) is 2.10. The number of rotatable bonds is 3. The molecule has 0 fully saturated rings. The number of alkyl halides is 2. The molecule has 0 bridgehead atoms. The SMILES string of the molecule is O=S(O)Cc1ccc(C(F)F)cc1. The van der Waals surface area contributed by atoms with Crippen molar-refractivity contribution in [2.75, 3.05) is 0 Å². The molecule has 0 saturated carbocycles. The summed E-state index contributed by atoms with van der Waals surface area (Å²) in [6.45, 7) is 0. The van der Waals surface area contributed by atoms with Crippen molar-refractivity contribution in [3.8, 4) is 0 Å². The first-order valence-corrected chi connectivity index (χ1v) is 4.81. The highest BCUT2D eigenvalue weighted by Gasteiger charge is 2.06. The first kappa shape index (κ1) is 10.3. The first-order chi connectivity index (χ1) is 6.09. The molecule has 1 unspecified atom stereocenters. The summed E-state index contributed by atoms with van der Waals surface area (Å²) in [5.41, 5.74) is 0.498. The Labute approximate surface area is 76.9 Å². The van der Waals surface area contributed by atoms with E-state index in [1.165, 1.54) is 24.3 Å². The average Bonchev–Trinajstić information content (AvgIpc) is 2.04. The monoisotopic (exact) mass is 206 g/mol. The van der Waals surface area contributed by atoms with E-state index in [2.05, 4.69) is 0 Å². The summed E-state index contributed by atoms with van der Waals surface area (Å²) in [6.07, 6.45) is -2.49. The van der Waals surface area contributed by atoms with E-state index in [1.807, 2.05) is 0 Å². The summed E-state index contributed by atoms with van der Waals surface area (Å²) in [6, 6.07) is 5.37. The minimum absolute atomic E-state index is 0.0243. The third kappa shape index (κ3) is 3.20. The van der Waals surface area contributed by atoms with Crippen molar-refractivity contribution in [1.82, 2.24) is 0 Å². The molecule has 0 amide bonds. The highest BCUT2D eigenvalue weighted by Crippen LogP contribution is 2.18. The second-order valence-corrected chi connectivity index (χ2v) is 3.44. The van der Waals surface area contributed by atoms with Gasteiger partial charge in [-0.05, 0) is 5.56 Å². The summed E-state index contributed by atoms with van der Waals surface area (Å²) < 4.78 is 43.0. The Morgan fingerprint density at radius 3 is 2.23 bits per heavy atom. The lowest BCUT2D eigenvalue weighted by Gasteiger charge is -2.00. The third-order valence-electron chi connectivity index (χ3n) is 1.52. The molecule has 1 N–H and O–H groups in total. The van der Waals surface area contributed by atoms with Crippen LogP contribution in [-0.2, 0) is 16.8 Å². The van der Waals surface area contributed by atoms with Crippen LogP contribution in [0.1, 0.15) is 17.6 Å². The van der Waals surface area contributed by atoms with Crippen LogP contribution in [0, 0.1) is 0 Å². The van der Waals surface area contributed by atoms with Gasteiger partial charge in [0.1, 0.15) is 0 Å². The fourth-order valence-electron chi connectivity index (χ4n) is 0.902. The standard InChI is InChI=1S/C8H8F2O2S/c9-8(10)7-3-1-6(2-4-7)5-13(11)12/h1-4,8H,5H2,(H,11,12). The van der Waals surface area contributed by atoms with Crippen LogP contribution in [0.15, 0.2) is 24.3 Å². The Morgan fingerprint density at radius 1 is 1.31 bits per heavy atom. The van der Waals surface area contributed by atoms with Gasteiger partial charge in [0.2, 0.25) is 0 Å². The minimum Gasteiger partial charge on any atom is -0.306 e. The van der Waals surface area contributed by atoms with Crippen LogP contribution in [0.5, 0.6) is 0 Å². The molecule has 0 aliphatic rings. The number of hydrogen-bond donors (Lipinski definition) is 1. The lowest BCUT2D eigenvalue weighted by Crippen LogP contribution is -1.93. The second-order valence-electron chi connectivity index (χ2n) is 2.51. The average molecular weight is 206 g/mol.